The van der Waals surface area contributed by atoms with E-state index in [0.29, 0.717) is 45.2 Å². The van der Waals surface area contributed by atoms with E-state index in [1.165, 1.54) is 19.5 Å². The van der Waals surface area contributed by atoms with Crippen molar-refractivity contribution in [2.24, 2.45) is 0 Å². The molecule has 1 aromatic heterocycles. The fraction of sp³-hybridized carbons (Fsp3) is 0.150. The summed E-state index contributed by atoms with van der Waals surface area (Å²) in [6.45, 7) is 2.34. The summed E-state index contributed by atoms with van der Waals surface area (Å²) in [6, 6.07) is 9.90. The largest absolute Gasteiger partial charge is 0.508 e. The molecule has 8 heteroatoms. The van der Waals surface area contributed by atoms with Crippen LogP contribution in [0.5, 0.6) is 17.2 Å². The molecule has 2 N–H and O–H groups in total. The number of phenolic OH excluding ortho intramolecular Hbond substituents is 1. The molecule has 0 fully saturated rings. The van der Waals surface area contributed by atoms with E-state index in [0.717, 1.165) is 0 Å². The summed E-state index contributed by atoms with van der Waals surface area (Å²) < 4.78 is 11.5. The van der Waals surface area contributed by atoms with E-state index in [2.05, 4.69) is 31.2 Å². The standard InChI is InChI=1S/C20H18BrN3O4/c1-3-28-18-16(21)8-13(9-17(18)27-2)20(26)24-14-10-22-19(23-11-14)12-5-4-6-15(25)7-12/h4-11,25H,3H2,1-2H3,(H,24,26). The third-order valence-electron chi connectivity index (χ3n) is 3.79. The monoisotopic (exact) mass is 443 g/mol. The first-order valence-corrected chi connectivity index (χ1v) is 9.24. The molecule has 3 rings (SSSR count). The third-order valence-corrected chi connectivity index (χ3v) is 4.38. The van der Waals surface area contributed by atoms with Gasteiger partial charge in [0, 0.05) is 11.1 Å². The molecular weight excluding hydrogens is 426 g/mol. The van der Waals surface area contributed by atoms with Crippen LogP contribution in [-0.2, 0) is 0 Å². The molecule has 0 spiro atoms. The Morgan fingerprint density at radius 3 is 2.61 bits per heavy atom. The number of ether oxygens (including phenoxy) is 2. The number of methoxy groups -OCH3 is 1. The highest BCUT2D eigenvalue weighted by molar-refractivity contribution is 9.10. The number of nitrogens with zero attached hydrogens (tertiary/aromatic N) is 2. The molecule has 0 aliphatic rings. The molecule has 28 heavy (non-hydrogen) atoms. The number of carbonyl (C=O) groups excluding carboxylic acids is 1. The number of phenols is 1. The number of rotatable bonds is 6. The number of nitrogens with one attached hydrogen (secondary N) is 1. The van der Waals surface area contributed by atoms with Gasteiger partial charge in [-0.25, -0.2) is 9.97 Å². The van der Waals surface area contributed by atoms with Gasteiger partial charge in [0.15, 0.2) is 17.3 Å². The first-order chi connectivity index (χ1) is 13.5. The van der Waals surface area contributed by atoms with Crippen molar-refractivity contribution in [3.05, 3.63) is 58.8 Å². The fourth-order valence-electron chi connectivity index (χ4n) is 2.53. The van der Waals surface area contributed by atoms with E-state index in [4.69, 9.17) is 9.47 Å². The number of amides is 1. The Morgan fingerprint density at radius 1 is 1.21 bits per heavy atom. The number of carbonyl (C=O) groups is 1. The van der Waals surface area contributed by atoms with E-state index >= 15 is 0 Å². The normalized spacial score (nSPS) is 10.4. The van der Waals surface area contributed by atoms with Crippen LogP contribution in [0.4, 0.5) is 5.69 Å². The minimum atomic E-state index is -0.337. The Hall–Kier alpha value is -3.13. The van der Waals surface area contributed by atoms with Crippen LogP contribution in [0.3, 0.4) is 0 Å². The van der Waals surface area contributed by atoms with E-state index in [9.17, 15) is 9.90 Å². The van der Waals surface area contributed by atoms with Crippen LogP contribution < -0.4 is 14.8 Å². The summed E-state index contributed by atoms with van der Waals surface area (Å²) in [5.74, 6) is 1.24. The lowest BCUT2D eigenvalue weighted by Crippen LogP contribution is -2.13. The molecule has 3 aromatic rings. The number of aromatic hydroxyl groups is 1. The van der Waals surface area contributed by atoms with E-state index in [1.807, 2.05) is 6.92 Å². The van der Waals surface area contributed by atoms with Gasteiger partial charge in [-0.2, -0.15) is 0 Å². The van der Waals surface area contributed by atoms with Gasteiger partial charge in [-0.05, 0) is 47.1 Å². The Bertz CT molecular complexity index is 993. The van der Waals surface area contributed by atoms with Crippen molar-refractivity contribution >= 4 is 27.5 Å². The summed E-state index contributed by atoms with van der Waals surface area (Å²) in [6.07, 6.45) is 3.01. The lowest BCUT2D eigenvalue weighted by Gasteiger charge is -2.13. The van der Waals surface area contributed by atoms with Crippen molar-refractivity contribution in [3.63, 3.8) is 0 Å². The first-order valence-electron chi connectivity index (χ1n) is 8.45. The molecule has 0 aliphatic heterocycles. The maximum Gasteiger partial charge on any atom is 0.255 e. The SMILES string of the molecule is CCOc1c(Br)cc(C(=O)Nc2cnc(-c3cccc(O)c3)nc2)cc1OC. The molecule has 7 nitrogen and oxygen atoms in total. The van der Waals surface area contributed by atoms with Gasteiger partial charge in [0.05, 0.1) is 36.3 Å². The molecular formula is C20H18BrN3O4. The van der Waals surface area contributed by atoms with E-state index in [1.54, 1.807) is 36.4 Å². The van der Waals surface area contributed by atoms with Crippen molar-refractivity contribution in [2.75, 3.05) is 19.0 Å². The number of benzene rings is 2. The Balaban J connectivity index is 1.78. The van der Waals surface area contributed by atoms with Gasteiger partial charge in [0.25, 0.3) is 5.91 Å². The van der Waals surface area contributed by atoms with Gasteiger partial charge in [-0.3, -0.25) is 4.79 Å². The van der Waals surface area contributed by atoms with E-state index in [-0.39, 0.29) is 11.7 Å². The van der Waals surface area contributed by atoms with Crippen LogP contribution >= 0.6 is 15.9 Å². The van der Waals surface area contributed by atoms with Gasteiger partial charge < -0.3 is 19.9 Å². The minimum Gasteiger partial charge on any atom is -0.508 e. The van der Waals surface area contributed by atoms with Gasteiger partial charge in [-0.15, -0.1) is 0 Å². The second-order valence-electron chi connectivity index (χ2n) is 5.72. The van der Waals surface area contributed by atoms with Crippen molar-refractivity contribution < 1.29 is 19.4 Å². The predicted octanol–water partition coefficient (Wildman–Crippen LogP) is 4.27. The second kappa shape index (κ2) is 8.71. The highest BCUT2D eigenvalue weighted by atomic mass is 79.9. The fourth-order valence-corrected chi connectivity index (χ4v) is 3.08. The van der Waals surface area contributed by atoms with Crippen LogP contribution in [-0.4, -0.2) is 34.7 Å². The average Bonchev–Trinajstić information content (AvgIpc) is 2.70. The molecule has 0 saturated carbocycles. The summed E-state index contributed by atoms with van der Waals surface area (Å²) >= 11 is 3.40. The van der Waals surface area contributed by atoms with Crippen LogP contribution in [0, 0.1) is 0 Å². The maximum atomic E-state index is 12.6. The van der Waals surface area contributed by atoms with Gasteiger partial charge in [0.1, 0.15) is 5.75 Å². The lowest BCUT2D eigenvalue weighted by molar-refractivity contribution is 0.102. The molecule has 1 amide bonds. The lowest BCUT2D eigenvalue weighted by atomic mass is 10.2. The third kappa shape index (κ3) is 4.40. The molecule has 0 atom stereocenters. The van der Waals surface area contributed by atoms with Gasteiger partial charge in [-0.1, -0.05) is 12.1 Å². The maximum absolute atomic E-state index is 12.6. The summed E-state index contributed by atoms with van der Waals surface area (Å²) in [7, 11) is 1.51. The molecule has 2 aromatic carbocycles. The number of halogens is 1. The predicted molar refractivity (Wildman–Crippen MR) is 109 cm³/mol. The Morgan fingerprint density at radius 2 is 1.96 bits per heavy atom. The summed E-state index contributed by atoms with van der Waals surface area (Å²) in [5, 5.41) is 12.3. The van der Waals surface area contributed by atoms with Crippen molar-refractivity contribution in [3.8, 4) is 28.6 Å². The number of anilines is 1. The highest BCUT2D eigenvalue weighted by Gasteiger charge is 2.16. The van der Waals surface area contributed by atoms with Crippen LogP contribution in [0.1, 0.15) is 17.3 Å². The highest BCUT2D eigenvalue weighted by Crippen LogP contribution is 2.36. The number of hydrogen-bond donors (Lipinski definition) is 2. The molecule has 0 radical (unpaired) electrons. The smallest absolute Gasteiger partial charge is 0.255 e. The second-order valence-corrected chi connectivity index (χ2v) is 6.58. The first kappa shape index (κ1) is 19.6. The zero-order chi connectivity index (χ0) is 20.1. The quantitative estimate of drug-likeness (QED) is 0.590. The topological polar surface area (TPSA) is 93.6 Å². The van der Waals surface area contributed by atoms with Crippen LogP contribution in [0.2, 0.25) is 0 Å². The zero-order valence-corrected chi connectivity index (χ0v) is 16.9. The van der Waals surface area contributed by atoms with E-state index < -0.39 is 0 Å². The molecule has 0 aliphatic carbocycles. The van der Waals surface area contributed by atoms with Gasteiger partial charge in [0.2, 0.25) is 0 Å². The molecule has 0 bridgehead atoms. The van der Waals surface area contributed by atoms with Crippen molar-refractivity contribution in [2.45, 2.75) is 6.92 Å². The summed E-state index contributed by atoms with van der Waals surface area (Å²) in [5.41, 5.74) is 1.51. The molecule has 1 heterocycles. The number of hydrogen-bond acceptors (Lipinski definition) is 6. The minimum absolute atomic E-state index is 0.133. The Labute approximate surface area is 170 Å². The Kier molecular flexibility index (Phi) is 6.10. The van der Waals surface area contributed by atoms with Crippen LogP contribution in [0.15, 0.2) is 53.3 Å². The zero-order valence-electron chi connectivity index (χ0n) is 15.3. The number of aromatic nitrogens is 2. The molecule has 0 saturated heterocycles. The van der Waals surface area contributed by atoms with Gasteiger partial charge >= 0.3 is 0 Å². The van der Waals surface area contributed by atoms with Crippen molar-refractivity contribution in [1.29, 1.82) is 0 Å². The summed E-state index contributed by atoms with van der Waals surface area (Å²) in [4.78, 5) is 21.1. The molecule has 0 unspecified atom stereocenters. The van der Waals surface area contributed by atoms with Crippen molar-refractivity contribution in [1.82, 2.24) is 9.97 Å². The molecule has 144 valence electrons. The van der Waals surface area contributed by atoms with Crippen LogP contribution in [0.25, 0.3) is 11.4 Å². The average molecular weight is 444 g/mol.